The molecule has 0 spiro atoms. The van der Waals surface area contributed by atoms with Crippen LogP contribution < -0.4 is 0 Å². The van der Waals surface area contributed by atoms with Gasteiger partial charge in [0.05, 0.1) is 11.7 Å². The predicted molar refractivity (Wildman–Crippen MR) is 61.8 cm³/mol. The molecule has 0 heterocycles. The van der Waals surface area contributed by atoms with E-state index >= 15 is 0 Å². The Bertz CT molecular complexity index is 433. The Kier molecular flexibility index (Phi) is 4.67. The highest BCUT2D eigenvalue weighted by molar-refractivity contribution is 5.76. The molecular formula is C13H13F3O2. The highest BCUT2D eigenvalue weighted by atomic mass is 19.4. The number of hydrogen-bond acceptors (Lipinski definition) is 2. The Balaban J connectivity index is 2.69. The van der Waals surface area contributed by atoms with Crippen molar-refractivity contribution in [3.63, 3.8) is 0 Å². The van der Waals surface area contributed by atoms with Crippen LogP contribution in [0.3, 0.4) is 0 Å². The van der Waals surface area contributed by atoms with Crippen molar-refractivity contribution in [2.75, 3.05) is 0 Å². The van der Waals surface area contributed by atoms with E-state index in [4.69, 9.17) is 0 Å². The smallest absolute Gasteiger partial charge is 0.389 e. The van der Waals surface area contributed by atoms with Crippen LogP contribution in [0.2, 0.25) is 0 Å². The molecule has 1 N–H and O–H groups in total. The molecule has 18 heavy (non-hydrogen) atoms. The number of halogens is 3. The second-order valence-corrected chi connectivity index (χ2v) is 3.95. The molecule has 5 heteroatoms. The number of ketones is 1. The van der Waals surface area contributed by atoms with Gasteiger partial charge in [-0.15, -0.1) is 0 Å². The Hall–Kier alpha value is -1.62. The molecule has 1 atom stereocenters. The van der Waals surface area contributed by atoms with Crippen molar-refractivity contribution in [1.82, 2.24) is 0 Å². The molecular weight excluding hydrogens is 245 g/mol. The molecule has 0 saturated heterocycles. The van der Waals surface area contributed by atoms with Gasteiger partial charge in [-0.2, -0.15) is 13.2 Å². The normalized spacial score (nSPS) is 13.8. The number of rotatable bonds is 4. The largest absolute Gasteiger partial charge is 0.416 e. The van der Waals surface area contributed by atoms with E-state index < -0.39 is 17.8 Å². The number of carbonyl (C=O) groups is 1. The zero-order valence-corrected chi connectivity index (χ0v) is 9.74. The molecule has 0 aliphatic heterocycles. The van der Waals surface area contributed by atoms with Crippen LogP contribution in [-0.2, 0) is 11.0 Å². The summed E-state index contributed by atoms with van der Waals surface area (Å²) >= 11 is 0. The molecule has 0 bridgehead atoms. The van der Waals surface area contributed by atoms with Gasteiger partial charge in [-0.1, -0.05) is 24.3 Å². The first-order valence-corrected chi connectivity index (χ1v) is 5.32. The molecule has 0 aromatic heterocycles. The summed E-state index contributed by atoms with van der Waals surface area (Å²) in [5, 5.41) is 9.38. The van der Waals surface area contributed by atoms with Crippen molar-refractivity contribution in [3.05, 3.63) is 41.5 Å². The van der Waals surface area contributed by atoms with Gasteiger partial charge >= 0.3 is 6.18 Å². The zero-order valence-electron chi connectivity index (χ0n) is 9.74. The summed E-state index contributed by atoms with van der Waals surface area (Å²) in [4.78, 5) is 10.7. The first kappa shape index (κ1) is 14.4. The molecule has 0 amide bonds. The van der Waals surface area contributed by atoms with Gasteiger partial charge in [0.2, 0.25) is 0 Å². The maximum Gasteiger partial charge on any atom is 0.416 e. The third-order valence-electron chi connectivity index (χ3n) is 2.25. The van der Waals surface area contributed by atoms with Crippen LogP contribution in [0.4, 0.5) is 13.2 Å². The summed E-state index contributed by atoms with van der Waals surface area (Å²) in [7, 11) is 0. The summed E-state index contributed by atoms with van der Waals surface area (Å²) in [5.74, 6) is -0.153. The number of alkyl halides is 3. The van der Waals surface area contributed by atoms with Crippen molar-refractivity contribution < 1.29 is 23.1 Å². The van der Waals surface area contributed by atoms with E-state index in [2.05, 4.69) is 0 Å². The van der Waals surface area contributed by atoms with Crippen molar-refractivity contribution in [2.24, 2.45) is 0 Å². The molecule has 0 aliphatic rings. The molecule has 0 radical (unpaired) electrons. The maximum absolute atomic E-state index is 12.3. The fourth-order valence-electron chi connectivity index (χ4n) is 1.37. The Morgan fingerprint density at radius 1 is 1.33 bits per heavy atom. The molecule has 0 aliphatic carbocycles. The molecule has 1 rings (SSSR count). The molecule has 1 aromatic carbocycles. The standard InChI is InChI=1S/C13H13F3O2/c1-9(17)8-12(18)7-4-10-2-5-11(6-3-10)13(14,15)16/h2-7,12,18H,8H2,1H3/b7-4+. The minimum atomic E-state index is -4.35. The second kappa shape index (κ2) is 5.82. The third kappa shape index (κ3) is 4.71. The molecule has 0 fully saturated rings. The lowest BCUT2D eigenvalue weighted by Crippen LogP contribution is -2.07. The molecule has 2 nitrogen and oxygen atoms in total. The third-order valence-corrected chi connectivity index (χ3v) is 2.25. The quantitative estimate of drug-likeness (QED) is 0.901. The summed E-state index contributed by atoms with van der Waals surface area (Å²) < 4.78 is 36.8. The maximum atomic E-state index is 12.3. The molecule has 1 unspecified atom stereocenters. The van der Waals surface area contributed by atoms with Crippen LogP contribution in [0, 0.1) is 0 Å². The number of benzene rings is 1. The van der Waals surface area contributed by atoms with E-state index in [1.165, 1.54) is 31.2 Å². The monoisotopic (exact) mass is 258 g/mol. The van der Waals surface area contributed by atoms with Gasteiger partial charge in [0.25, 0.3) is 0 Å². The van der Waals surface area contributed by atoms with Crippen molar-refractivity contribution in [2.45, 2.75) is 25.6 Å². The lowest BCUT2D eigenvalue weighted by Gasteiger charge is -2.06. The van der Waals surface area contributed by atoms with E-state index in [0.717, 1.165) is 12.1 Å². The highest BCUT2D eigenvalue weighted by Crippen LogP contribution is 2.29. The van der Waals surface area contributed by atoms with Gasteiger partial charge < -0.3 is 5.11 Å². The Morgan fingerprint density at radius 3 is 2.33 bits per heavy atom. The summed E-state index contributed by atoms with van der Waals surface area (Å²) in [5.41, 5.74) is -0.186. The average Bonchev–Trinajstić information content (AvgIpc) is 2.25. The SMILES string of the molecule is CC(=O)CC(O)/C=C/c1ccc(C(F)(F)F)cc1. The number of Topliss-reactive ketones (excluding diaryl/α,β-unsaturated/α-hetero) is 1. The highest BCUT2D eigenvalue weighted by Gasteiger charge is 2.29. The van der Waals surface area contributed by atoms with E-state index in [0.29, 0.717) is 5.56 Å². The predicted octanol–water partition coefficient (Wildman–Crippen LogP) is 3.06. The fourth-order valence-corrected chi connectivity index (χ4v) is 1.37. The second-order valence-electron chi connectivity index (χ2n) is 3.95. The van der Waals surface area contributed by atoms with Crippen LogP contribution in [0.25, 0.3) is 6.08 Å². The molecule has 0 saturated carbocycles. The van der Waals surface area contributed by atoms with Gasteiger partial charge in [0.1, 0.15) is 5.78 Å². The van der Waals surface area contributed by atoms with Crippen molar-refractivity contribution >= 4 is 11.9 Å². The van der Waals surface area contributed by atoms with Crippen LogP contribution in [-0.4, -0.2) is 17.0 Å². The van der Waals surface area contributed by atoms with Gasteiger partial charge in [-0.05, 0) is 24.6 Å². The van der Waals surface area contributed by atoms with Gasteiger partial charge in [-0.25, -0.2) is 0 Å². The van der Waals surface area contributed by atoms with Crippen LogP contribution >= 0.6 is 0 Å². The van der Waals surface area contributed by atoms with E-state index in [-0.39, 0.29) is 12.2 Å². The first-order chi connectivity index (χ1) is 8.29. The molecule has 98 valence electrons. The number of hydrogen-bond donors (Lipinski definition) is 1. The van der Waals surface area contributed by atoms with Gasteiger partial charge in [0, 0.05) is 6.42 Å². The fraction of sp³-hybridized carbons (Fsp3) is 0.308. The topological polar surface area (TPSA) is 37.3 Å². The van der Waals surface area contributed by atoms with Crippen LogP contribution in [0.15, 0.2) is 30.3 Å². The van der Waals surface area contributed by atoms with Crippen molar-refractivity contribution in [1.29, 1.82) is 0 Å². The van der Waals surface area contributed by atoms with E-state index in [9.17, 15) is 23.1 Å². The van der Waals surface area contributed by atoms with E-state index in [1.54, 1.807) is 0 Å². The van der Waals surface area contributed by atoms with Crippen LogP contribution in [0.1, 0.15) is 24.5 Å². The summed E-state index contributed by atoms with van der Waals surface area (Å²) in [6, 6.07) is 4.55. The molecule has 1 aromatic rings. The summed E-state index contributed by atoms with van der Waals surface area (Å²) in [6.07, 6.45) is -2.41. The minimum absolute atomic E-state index is 0.00284. The Morgan fingerprint density at radius 2 is 1.89 bits per heavy atom. The number of carbonyl (C=O) groups excluding carboxylic acids is 1. The van der Waals surface area contributed by atoms with Gasteiger partial charge in [-0.3, -0.25) is 4.79 Å². The summed E-state index contributed by atoms with van der Waals surface area (Å²) in [6.45, 7) is 1.36. The van der Waals surface area contributed by atoms with E-state index in [1.807, 2.05) is 0 Å². The number of aliphatic hydroxyl groups excluding tert-OH is 1. The minimum Gasteiger partial charge on any atom is -0.389 e. The Labute approximate surface area is 103 Å². The lowest BCUT2D eigenvalue weighted by molar-refractivity contribution is -0.137. The van der Waals surface area contributed by atoms with Crippen molar-refractivity contribution in [3.8, 4) is 0 Å². The first-order valence-electron chi connectivity index (χ1n) is 5.32. The zero-order chi connectivity index (χ0) is 13.8. The number of aliphatic hydroxyl groups is 1. The van der Waals surface area contributed by atoms with Gasteiger partial charge in [0.15, 0.2) is 0 Å². The van der Waals surface area contributed by atoms with Crippen LogP contribution in [0.5, 0.6) is 0 Å². The lowest BCUT2D eigenvalue weighted by atomic mass is 10.1. The average molecular weight is 258 g/mol.